The summed E-state index contributed by atoms with van der Waals surface area (Å²) in [4.78, 5) is 26.4. The summed E-state index contributed by atoms with van der Waals surface area (Å²) in [6, 6.07) is 8.20. The molecule has 0 saturated carbocycles. The van der Waals surface area contributed by atoms with Gasteiger partial charge in [0.1, 0.15) is 0 Å². The highest BCUT2D eigenvalue weighted by molar-refractivity contribution is 8.00. The van der Waals surface area contributed by atoms with Gasteiger partial charge in [-0.05, 0) is 31.4 Å². The maximum absolute atomic E-state index is 12.3. The summed E-state index contributed by atoms with van der Waals surface area (Å²) < 4.78 is 0. The van der Waals surface area contributed by atoms with E-state index in [0.717, 1.165) is 24.3 Å². The Morgan fingerprint density at radius 2 is 2.14 bits per heavy atom. The Morgan fingerprint density at radius 1 is 1.38 bits per heavy atom. The molecule has 2 rings (SSSR count). The SMILES string of the molecule is CC(=O)NC1CCCN(C(=O)CSc2ccccc2C)C1. The smallest absolute Gasteiger partial charge is 0.233 e. The summed E-state index contributed by atoms with van der Waals surface area (Å²) in [5.74, 6) is 0.583. The van der Waals surface area contributed by atoms with Crippen LogP contribution in [0.5, 0.6) is 0 Å². The molecule has 1 N–H and O–H groups in total. The van der Waals surface area contributed by atoms with Crippen molar-refractivity contribution in [1.82, 2.24) is 10.2 Å². The molecule has 1 saturated heterocycles. The molecule has 2 amide bonds. The summed E-state index contributed by atoms with van der Waals surface area (Å²) in [5.41, 5.74) is 1.20. The number of likely N-dealkylation sites (tertiary alicyclic amines) is 1. The standard InChI is InChI=1S/C16H22N2O2S/c1-12-6-3-4-8-15(12)21-11-16(20)18-9-5-7-14(10-18)17-13(2)19/h3-4,6,8,14H,5,7,9-11H2,1-2H3,(H,17,19). The van der Waals surface area contributed by atoms with E-state index in [9.17, 15) is 9.59 Å². The zero-order chi connectivity index (χ0) is 15.2. The normalized spacial score (nSPS) is 18.4. The number of carbonyl (C=O) groups excluding carboxylic acids is 2. The van der Waals surface area contributed by atoms with E-state index in [1.54, 1.807) is 11.8 Å². The van der Waals surface area contributed by atoms with Gasteiger partial charge in [0.05, 0.1) is 5.75 Å². The fourth-order valence-corrected chi connectivity index (χ4v) is 3.49. The van der Waals surface area contributed by atoms with E-state index in [1.807, 2.05) is 23.1 Å². The predicted octanol–water partition coefficient (Wildman–Crippen LogP) is 2.21. The van der Waals surface area contributed by atoms with Gasteiger partial charge in [-0.15, -0.1) is 11.8 Å². The Bertz CT molecular complexity index is 519. The van der Waals surface area contributed by atoms with Crippen LogP contribution in [0.25, 0.3) is 0 Å². The molecule has 1 fully saturated rings. The van der Waals surface area contributed by atoms with Gasteiger partial charge in [-0.25, -0.2) is 0 Å². The molecule has 0 aromatic heterocycles. The van der Waals surface area contributed by atoms with Gasteiger partial charge in [0, 0.05) is 31.0 Å². The predicted molar refractivity (Wildman–Crippen MR) is 85.3 cm³/mol. The lowest BCUT2D eigenvalue weighted by Crippen LogP contribution is -2.49. The number of nitrogens with zero attached hydrogens (tertiary/aromatic N) is 1. The molecule has 114 valence electrons. The van der Waals surface area contributed by atoms with Crippen LogP contribution in [0, 0.1) is 6.92 Å². The summed E-state index contributed by atoms with van der Waals surface area (Å²) in [7, 11) is 0. The zero-order valence-corrected chi connectivity index (χ0v) is 13.4. The van der Waals surface area contributed by atoms with E-state index in [0.29, 0.717) is 12.3 Å². The Balaban J connectivity index is 1.85. The molecule has 1 unspecified atom stereocenters. The van der Waals surface area contributed by atoms with Crippen LogP contribution in [0.1, 0.15) is 25.3 Å². The number of benzene rings is 1. The average molecular weight is 306 g/mol. The second kappa shape index (κ2) is 7.50. The van der Waals surface area contributed by atoms with Crippen molar-refractivity contribution in [2.24, 2.45) is 0 Å². The van der Waals surface area contributed by atoms with Crippen LogP contribution in [0.4, 0.5) is 0 Å². The van der Waals surface area contributed by atoms with Crippen molar-refractivity contribution in [2.75, 3.05) is 18.8 Å². The maximum Gasteiger partial charge on any atom is 0.233 e. The largest absolute Gasteiger partial charge is 0.352 e. The summed E-state index contributed by atoms with van der Waals surface area (Å²) >= 11 is 1.59. The summed E-state index contributed by atoms with van der Waals surface area (Å²) in [6.07, 6.45) is 1.90. The van der Waals surface area contributed by atoms with Crippen molar-refractivity contribution in [1.29, 1.82) is 0 Å². The number of rotatable bonds is 4. The summed E-state index contributed by atoms with van der Waals surface area (Å²) in [6.45, 7) is 5.01. The minimum atomic E-state index is -0.0245. The van der Waals surface area contributed by atoms with Crippen molar-refractivity contribution >= 4 is 23.6 Å². The Hall–Kier alpha value is -1.49. The van der Waals surface area contributed by atoms with Crippen molar-refractivity contribution < 1.29 is 9.59 Å². The van der Waals surface area contributed by atoms with Crippen LogP contribution in [0.3, 0.4) is 0 Å². The van der Waals surface area contributed by atoms with E-state index < -0.39 is 0 Å². The van der Waals surface area contributed by atoms with Gasteiger partial charge in [0.25, 0.3) is 0 Å². The van der Waals surface area contributed by atoms with Gasteiger partial charge in [0.2, 0.25) is 11.8 Å². The average Bonchev–Trinajstić information content (AvgIpc) is 2.45. The fourth-order valence-electron chi connectivity index (χ4n) is 2.56. The molecule has 5 heteroatoms. The summed E-state index contributed by atoms with van der Waals surface area (Å²) in [5, 5.41) is 2.91. The minimum absolute atomic E-state index is 0.0245. The van der Waals surface area contributed by atoms with Crippen LogP contribution in [-0.4, -0.2) is 41.6 Å². The second-order valence-electron chi connectivity index (χ2n) is 5.43. The highest BCUT2D eigenvalue weighted by Crippen LogP contribution is 2.22. The van der Waals surface area contributed by atoms with Crippen LogP contribution in [-0.2, 0) is 9.59 Å². The van der Waals surface area contributed by atoms with Gasteiger partial charge < -0.3 is 10.2 Å². The van der Waals surface area contributed by atoms with Crippen molar-refractivity contribution in [3.8, 4) is 0 Å². The van der Waals surface area contributed by atoms with E-state index in [1.165, 1.54) is 12.5 Å². The molecule has 1 atom stereocenters. The Morgan fingerprint density at radius 3 is 2.86 bits per heavy atom. The lowest BCUT2D eigenvalue weighted by atomic mass is 10.1. The first-order valence-electron chi connectivity index (χ1n) is 7.29. The van der Waals surface area contributed by atoms with Gasteiger partial charge in [0.15, 0.2) is 0 Å². The molecule has 0 aliphatic carbocycles. The third kappa shape index (κ3) is 4.77. The number of hydrogen-bond acceptors (Lipinski definition) is 3. The third-order valence-electron chi connectivity index (χ3n) is 3.63. The highest BCUT2D eigenvalue weighted by atomic mass is 32.2. The molecule has 1 aliphatic heterocycles. The first-order chi connectivity index (χ1) is 10.1. The first kappa shape index (κ1) is 15.9. The van der Waals surface area contributed by atoms with Crippen LogP contribution < -0.4 is 5.32 Å². The molecular formula is C16H22N2O2S. The van der Waals surface area contributed by atoms with Crippen LogP contribution in [0.15, 0.2) is 29.2 Å². The van der Waals surface area contributed by atoms with Crippen LogP contribution >= 0.6 is 11.8 Å². The van der Waals surface area contributed by atoms with Gasteiger partial charge in [-0.3, -0.25) is 9.59 Å². The lowest BCUT2D eigenvalue weighted by molar-refractivity contribution is -0.130. The minimum Gasteiger partial charge on any atom is -0.352 e. The van der Waals surface area contributed by atoms with E-state index >= 15 is 0 Å². The van der Waals surface area contributed by atoms with Gasteiger partial charge >= 0.3 is 0 Å². The number of aryl methyl sites for hydroxylation is 1. The number of nitrogens with one attached hydrogen (secondary N) is 1. The second-order valence-corrected chi connectivity index (χ2v) is 6.45. The van der Waals surface area contributed by atoms with E-state index in [2.05, 4.69) is 18.3 Å². The highest BCUT2D eigenvalue weighted by Gasteiger charge is 2.23. The van der Waals surface area contributed by atoms with Crippen LogP contribution in [0.2, 0.25) is 0 Å². The van der Waals surface area contributed by atoms with Gasteiger partial charge in [-0.2, -0.15) is 0 Å². The molecule has 1 aromatic carbocycles. The third-order valence-corrected chi connectivity index (χ3v) is 4.79. The Labute approximate surface area is 130 Å². The molecule has 4 nitrogen and oxygen atoms in total. The Kier molecular flexibility index (Phi) is 5.67. The number of piperidine rings is 1. The number of thioether (sulfide) groups is 1. The quantitative estimate of drug-likeness (QED) is 0.868. The number of carbonyl (C=O) groups is 2. The topological polar surface area (TPSA) is 49.4 Å². The maximum atomic E-state index is 12.3. The molecule has 0 radical (unpaired) electrons. The first-order valence-corrected chi connectivity index (χ1v) is 8.28. The number of hydrogen-bond donors (Lipinski definition) is 1. The van der Waals surface area contributed by atoms with Crippen molar-refractivity contribution in [3.63, 3.8) is 0 Å². The number of amides is 2. The molecule has 1 aliphatic rings. The molecule has 21 heavy (non-hydrogen) atoms. The van der Waals surface area contributed by atoms with Crippen molar-refractivity contribution in [2.45, 2.75) is 37.6 Å². The van der Waals surface area contributed by atoms with Crippen molar-refractivity contribution in [3.05, 3.63) is 29.8 Å². The molecule has 1 aromatic rings. The monoisotopic (exact) mass is 306 g/mol. The zero-order valence-electron chi connectivity index (χ0n) is 12.6. The van der Waals surface area contributed by atoms with Gasteiger partial charge in [-0.1, -0.05) is 18.2 Å². The van der Waals surface area contributed by atoms with E-state index in [-0.39, 0.29) is 17.9 Å². The lowest BCUT2D eigenvalue weighted by Gasteiger charge is -2.33. The fraction of sp³-hybridized carbons (Fsp3) is 0.500. The molecule has 1 heterocycles. The molecular weight excluding hydrogens is 284 g/mol. The van der Waals surface area contributed by atoms with E-state index in [4.69, 9.17) is 0 Å². The molecule has 0 bridgehead atoms. The molecule has 0 spiro atoms.